The Hall–Kier alpha value is -1.14. The third-order valence-corrected chi connectivity index (χ3v) is 2.68. The number of hydrogen-bond acceptors (Lipinski definition) is 12. The molecule has 30 heavy (non-hydrogen) atoms. The summed E-state index contributed by atoms with van der Waals surface area (Å²) in [5, 5.41) is 0. The van der Waals surface area contributed by atoms with Crippen LogP contribution in [0.3, 0.4) is 0 Å². The monoisotopic (exact) mass is 683 g/mol. The third-order valence-electron chi connectivity index (χ3n) is 1.55. The van der Waals surface area contributed by atoms with E-state index >= 15 is 0 Å². The van der Waals surface area contributed by atoms with Crippen molar-refractivity contribution >= 4 is 20.2 Å². The molecule has 0 fully saturated rings. The Labute approximate surface area is 182 Å². The van der Waals surface area contributed by atoms with Crippen LogP contribution in [0.25, 0.3) is 0 Å². The van der Waals surface area contributed by atoms with Crippen LogP contribution in [0, 0.1) is 0 Å². The Kier molecular flexibility index (Phi) is 34.0. The second kappa shape index (κ2) is 19.8. The molecule has 0 aliphatic rings. The van der Waals surface area contributed by atoms with E-state index in [4.69, 9.17) is 30.7 Å². The van der Waals surface area contributed by atoms with Crippen molar-refractivity contribution in [1.29, 1.82) is 0 Å². The smallest absolute Gasteiger partial charge is 0.741 e. The maximum atomic E-state index is 10.7. The van der Waals surface area contributed by atoms with Crippen molar-refractivity contribution in [3.63, 3.8) is 0 Å². The summed E-state index contributed by atoms with van der Waals surface area (Å²) < 4.78 is 123. The van der Waals surface area contributed by atoms with Gasteiger partial charge in [0, 0.05) is 0 Å². The Morgan fingerprint density at radius 2 is 0.900 bits per heavy atom. The molecule has 1 rings (SSSR count). The number of hydrogen-bond donors (Lipinski definition) is 5. The van der Waals surface area contributed by atoms with Crippen molar-refractivity contribution in [2.75, 3.05) is 7.11 Å². The van der Waals surface area contributed by atoms with Crippen molar-refractivity contribution < 1.29 is 76.8 Å². The van der Waals surface area contributed by atoms with Gasteiger partial charge in [0.05, 0.1) is 7.11 Å². The van der Waals surface area contributed by atoms with Gasteiger partial charge in [-0.05, 0) is 12.1 Å². The molecule has 0 aliphatic carbocycles. The summed E-state index contributed by atoms with van der Waals surface area (Å²) in [6.45, 7) is 0. The van der Waals surface area contributed by atoms with Crippen molar-refractivity contribution in [2.45, 2.75) is 11.0 Å². The van der Waals surface area contributed by atoms with E-state index < -0.39 is 31.3 Å². The van der Waals surface area contributed by atoms with Gasteiger partial charge in [-0.25, -0.2) is 16.8 Å². The summed E-state index contributed by atoms with van der Waals surface area (Å²) >= 11 is 0. The number of rotatable bonds is 1. The van der Waals surface area contributed by atoms with Crippen LogP contribution in [0.1, 0.15) is 0 Å². The van der Waals surface area contributed by atoms with E-state index in [1.54, 1.807) is 7.11 Å². The molecule has 0 saturated carbocycles. The first-order valence-electron chi connectivity index (χ1n) is 5.07. The second-order valence-corrected chi connectivity index (χ2v) is 6.06. The number of alkyl halides is 6. The van der Waals surface area contributed by atoms with Crippen molar-refractivity contribution in [2.24, 2.45) is 0 Å². The molecule has 1 aromatic rings. The number of benzene rings is 1. The van der Waals surface area contributed by atoms with Gasteiger partial charge in [0.15, 0.2) is 20.2 Å². The van der Waals surface area contributed by atoms with E-state index in [0.29, 0.717) is 0 Å². The van der Waals surface area contributed by atoms with Crippen LogP contribution in [0.5, 0.6) is 5.75 Å². The zero-order chi connectivity index (χ0) is 19.8. The fourth-order valence-corrected chi connectivity index (χ4v) is 0.557. The van der Waals surface area contributed by atoms with E-state index in [1.807, 2.05) is 30.3 Å². The van der Waals surface area contributed by atoms with Crippen molar-refractivity contribution in [3.8, 4) is 5.75 Å². The second-order valence-electron chi connectivity index (χ2n) is 3.32. The van der Waals surface area contributed by atoms with Crippen LogP contribution in [0.15, 0.2) is 30.3 Å². The number of methoxy groups -OCH3 is 1. The van der Waals surface area contributed by atoms with Crippen LogP contribution in [-0.4, -0.2) is 44.1 Å². The average Bonchev–Trinajstić information content (AvgIpc) is 2.36. The molecule has 0 unspecified atom stereocenters. The quantitative estimate of drug-likeness (QED) is 0.162. The summed E-state index contributed by atoms with van der Waals surface area (Å²) in [5.41, 5.74) is -11.3. The van der Waals surface area contributed by atoms with Gasteiger partial charge in [-0.3, -0.25) is 0 Å². The molecule has 0 spiro atoms. The molecule has 15 N–H and O–H groups in total. The number of para-hydroxylation sites is 1. The van der Waals surface area contributed by atoms with Crippen LogP contribution in [0.2, 0.25) is 0 Å². The molecule has 21 heteroatoms. The third kappa shape index (κ3) is 24.9. The molecule has 12 nitrogen and oxygen atoms in total. The molecule has 1 aromatic carbocycles. The van der Waals surface area contributed by atoms with Crippen LogP contribution < -0.4 is 35.5 Å². The first-order chi connectivity index (χ1) is 10.4. The first kappa shape index (κ1) is 51.5. The maximum Gasteiger partial charge on any atom is 2.00 e. The van der Waals surface area contributed by atoms with E-state index in [1.165, 1.54) is 0 Å². The van der Waals surface area contributed by atoms with Crippen molar-refractivity contribution in [1.82, 2.24) is 30.8 Å². The molecule has 0 aliphatic heterocycles. The number of ether oxygens (including phenoxy) is 1. The SMILES string of the molecule is COc1ccccc1.N.N.N.N.N.O=S(=O)([O-])C(F)(F)F.O=S(=O)([O-])C(F)(F)F.[Os+2]. The predicted octanol–water partition coefficient (Wildman–Crippen LogP) is 2.61. The van der Waals surface area contributed by atoms with Gasteiger partial charge >= 0.3 is 30.8 Å². The summed E-state index contributed by atoms with van der Waals surface area (Å²) in [6.07, 6.45) is 0. The molecule has 0 radical (unpaired) electrons. The molecule has 0 amide bonds. The Balaban J connectivity index is -0.0000000367. The van der Waals surface area contributed by atoms with Gasteiger partial charge in [0.2, 0.25) is 0 Å². The molecular weight excluding hydrogens is 658 g/mol. The molecule has 0 atom stereocenters. The minimum absolute atomic E-state index is 0. The Morgan fingerprint density at radius 3 is 1.00 bits per heavy atom. The van der Waals surface area contributed by atoms with Gasteiger partial charge in [0.1, 0.15) is 5.75 Å². The minimum Gasteiger partial charge on any atom is -0.741 e. The largest absolute Gasteiger partial charge is 2.00 e. The van der Waals surface area contributed by atoms with Gasteiger partial charge in [-0.2, -0.15) is 26.3 Å². The standard InChI is InChI=1S/C7H8O.2CHF3O3S.5H3N.Os/c1-8-7-5-3-2-4-6-7;2*2-1(3,4)8(5,6)7;;;;;;/h2-6H,1H3;2*(H,5,6,7);5*1H3;/q;;;;;;;;+2/p-2. The molecular formula is C9H23F6N5O7OsS2. The molecule has 0 saturated heterocycles. The first-order valence-corrected chi connectivity index (χ1v) is 7.88. The number of halogens is 6. The van der Waals surface area contributed by atoms with Gasteiger partial charge in [0.25, 0.3) is 0 Å². The summed E-state index contributed by atoms with van der Waals surface area (Å²) in [4.78, 5) is 0. The summed E-state index contributed by atoms with van der Waals surface area (Å²) in [6, 6.07) is 9.68. The van der Waals surface area contributed by atoms with Gasteiger partial charge < -0.3 is 44.6 Å². The van der Waals surface area contributed by atoms with Crippen LogP contribution >= 0.6 is 0 Å². The zero-order valence-corrected chi connectivity index (χ0v) is 19.4. The normalized spacial score (nSPS) is 9.77. The van der Waals surface area contributed by atoms with E-state index in [0.717, 1.165) is 5.75 Å². The van der Waals surface area contributed by atoms with Crippen LogP contribution in [-0.2, 0) is 40.0 Å². The fourth-order valence-electron chi connectivity index (χ4n) is 0.557. The maximum absolute atomic E-state index is 10.7. The zero-order valence-electron chi connectivity index (χ0n) is 15.2. The molecule has 0 aromatic heterocycles. The molecule has 0 bridgehead atoms. The topological polar surface area (TPSA) is 299 Å². The minimum atomic E-state index is -6.09. The van der Waals surface area contributed by atoms with Crippen LogP contribution in [0.4, 0.5) is 26.3 Å². The van der Waals surface area contributed by atoms with E-state index in [-0.39, 0.29) is 50.5 Å². The Morgan fingerprint density at radius 1 is 0.700 bits per heavy atom. The Bertz CT molecular complexity index is 663. The van der Waals surface area contributed by atoms with E-state index in [9.17, 15) is 26.3 Å². The predicted molar refractivity (Wildman–Crippen MR) is 89.6 cm³/mol. The fraction of sp³-hybridized carbons (Fsp3) is 0.333. The van der Waals surface area contributed by atoms with Gasteiger partial charge in [-0.1, -0.05) is 18.2 Å². The van der Waals surface area contributed by atoms with Crippen molar-refractivity contribution in [3.05, 3.63) is 30.3 Å². The average molecular weight is 682 g/mol. The molecule has 0 heterocycles. The summed E-state index contributed by atoms with van der Waals surface area (Å²) in [5.74, 6) is 0.910. The molecule has 188 valence electrons. The van der Waals surface area contributed by atoms with Gasteiger partial charge in [-0.15, -0.1) is 0 Å². The van der Waals surface area contributed by atoms with E-state index in [2.05, 4.69) is 0 Å². The summed E-state index contributed by atoms with van der Waals surface area (Å²) in [7, 11) is -10.5.